The van der Waals surface area contributed by atoms with E-state index in [4.69, 9.17) is 4.99 Å². The van der Waals surface area contributed by atoms with Gasteiger partial charge in [0.1, 0.15) is 0 Å². The van der Waals surface area contributed by atoms with Gasteiger partial charge in [-0.25, -0.2) is 4.99 Å². The fraction of sp³-hybridized carbons (Fsp3) is 0.318. The molecule has 1 N–H and O–H groups in total. The monoisotopic (exact) mass is 329 g/mol. The van der Waals surface area contributed by atoms with E-state index in [1.807, 2.05) is 0 Å². The van der Waals surface area contributed by atoms with Crippen LogP contribution in [0.4, 0.5) is 0 Å². The van der Waals surface area contributed by atoms with Gasteiger partial charge in [0.05, 0.1) is 18.1 Å². The van der Waals surface area contributed by atoms with Crippen molar-refractivity contribution in [2.75, 3.05) is 0 Å². The van der Waals surface area contributed by atoms with Gasteiger partial charge in [0, 0.05) is 5.70 Å². The van der Waals surface area contributed by atoms with E-state index in [9.17, 15) is 0 Å². The van der Waals surface area contributed by atoms with Crippen molar-refractivity contribution in [3.8, 4) is 0 Å². The third-order valence-electron chi connectivity index (χ3n) is 5.68. The molecular weight excluding hydrogens is 306 g/mol. The maximum atomic E-state index is 5.07. The first kappa shape index (κ1) is 14.8. The minimum Gasteiger partial charge on any atom is -0.327 e. The third-order valence-corrected chi connectivity index (χ3v) is 5.68. The number of hydrogen-bond donors (Lipinski definition) is 1. The molecule has 1 unspecified atom stereocenters. The lowest BCUT2D eigenvalue weighted by atomic mass is 9.88. The molecule has 0 radical (unpaired) electrons. The molecule has 1 aliphatic carbocycles. The maximum Gasteiger partial charge on any atom is 0.199 e. The summed E-state index contributed by atoms with van der Waals surface area (Å²) in [6.07, 6.45) is 7.46. The lowest BCUT2D eigenvalue weighted by molar-refractivity contribution is 0.213. The number of aliphatic imine (C=N–C) groups is 1. The number of nitrogens with one attached hydrogen (secondary N) is 1. The van der Waals surface area contributed by atoms with E-state index in [0.29, 0.717) is 12.1 Å². The van der Waals surface area contributed by atoms with Gasteiger partial charge in [-0.1, -0.05) is 73.5 Å². The van der Waals surface area contributed by atoms with E-state index < -0.39 is 0 Å². The topological polar surface area (TPSA) is 27.6 Å². The van der Waals surface area contributed by atoms with Crippen LogP contribution in [0.2, 0.25) is 0 Å². The van der Waals surface area contributed by atoms with E-state index in [-0.39, 0.29) is 6.04 Å². The van der Waals surface area contributed by atoms with Gasteiger partial charge in [-0.3, -0.25) is 0 Å². The Hall–Kier alpha value is -2.55. The zero-order chi connectivity index (χ0) is 16.6. The number of hydrogen-bond acceptors (Lipinski definition) is 3. The average Bonchev–Trinajstić information content (AvgIpc) is 3.07. The Labute approximate surface area is 149 Å². The highest BCUT2D eigenvalue weighted by atomic mass is 15.4. The molecule has 3 heteroatoms. The van der Waals surface area contributed by atoms with Gasteiger partial charge in [0.15, 0.2) is 5.96 Å². The number of fused-ring (bicyclic) bond motifs is 3. The van der Waals surface area contributed by atoms with Crippen molar-refractivity contribution in [3.05, 3.63) is 77.9 Å². The van der Waals surface area contributed by atoms with Crippen LogP contribution in [-0.4, -0.2) is 22.9 Å². The highest BCUT2D eigenvalue weighted by molar-refractivity contribution is 5.93. The number of benzene rings is 2. The fourth-order valence-corrected chi connectivity index (χ4v) is 4.48. The molecule has 0 aromatic heterocycles. The third kappa shape index (κ3) is 2.55. The van der Waals surface area contributed by atoms with Gasteiger partial charge in [-0.05, 0) is 30.0 Å². The summed E-state index contributed by atoms with van der Waals surface area (Å²) >= 11 is 0. The van der Waals surface area contributed by atoms with Gasteiger partial charge in [-0.15, -0.1) is 0 Å². The molecule has 1 fully saturated rings. The molecule has 3 atom stereocenters. The van der Waals surface area contributed by atoms with Crippen LogP contribution in [0.1, 0.15) is 42.9 Å². The maximum absolute atomic E-state index is 5.07. The molecule has 1 saturated carbocycles. The molecule has 3 nitrogen and oxygen atoms in total. The molecule has 0 spiro atoms. The molecule has 126 valence electrons. The first-order valence-electron chi connectivity index (χ1n) is 9.35. The van der Waals surface area contributed by atoms with Crippen molar-refractivity contribution in [2.45, 2.75) is 43.8 Å². The summed E-state index contributed by atoms with van der Waals surface area (Å²) < 4.78 is 0. The summed E-state index contributed by atoms with van der Waals surface area (Å²) in [5, 5.41) is 3.62. The van der Waals surface area contributed by atoms with Gasteiger partial charge in [0.2, 0.25) is 0 Å². The number of rotatable bonds is 2. The lowest BCUT2D eigenvalue weighted by Crippen LogP contribution is -2.49. The largest absolute Gasteiger partial charge is 0.327 e. The molecule has 2 aromatic carbocycles. The second-order valence-electron chi connectivity index (χ2n) is 7.21. The first-order valence-corrected chi connectivity index (χ1v) is 9.35. The smallest absolute Gasteiger partial charge is 0.199 e. The van der Waals surface area contributed by atoms with Crippen LogP contribution in [0.15, 0.2) is 71.7 Å². The Morgan fingerprint density at radius 2 is 1.60 bits per heavy atom. The summed E-state index contributed by atoms with van der Waals surface area (Å²) in [7, 11) is 0. The van der Waals surface area contributed by atoms with E-state index in [1.165, 1.54) is 42.5 Å². The molecule has 2 heterocycles. The summed E-state index contributed by atoms with van der Waals surface area (Å²) in [4.78, 5) is 7.61. The second kappa shape index (κ2) is 6.07. The van der Waals surface area contributed by atoms with E-state index in [1.54, 1.807) is 0 Å². The highest BCUT2D eigenvalue weighted by Crippen LogP contribution is 2.40. The number of guanidine groups is 1. The van der Waals surface area contributed by atoms with E-state index in [2.05, 4.69) is 77.0 Å². The van der Waals surface area contributed by atoms with Gasteiger partial charge >= 0.3 is 0 Å². The molecule has 2 aliphatic heterocycles. The van der Waals surface area contributed by atoms with Crippen molar-refractivity contribution in [2.24, 2.45) is 4.99 Å². The van der Waals surface area contributed by atoms with Crippen molar-refractivity contribution in [1.82, 2.24) is 10.2 Å². The standard InChI is InChI=1S/C22H23N3/c1-3-9-16(10-4-1)19-15-21(17-11-5-2-6-12-17)25-20-14-8-7-13-18(20)23-22(25)24-19/h1-6,9-12,15,18,20-21H,7-8,13-14H2,(H,23,24)/t18-,20-,21?/m0/s1. The van der Waals surface area contributed by atoms with E-state index >= 15 is 0 Å². The van der Waals surface area contributed by atoms with E-state index in [0.717, 1.165) is 5.96 Å². The first-order chi connectivity index (χ1) is 12.4. The zero-order valence-corrected chi connectivity index (χ0v) is 14.3. The van der Waals surface area contributed by atoms with Crippen LogP contribution in [-0.2, 0) is 0 Å². The van der Waals surface area contributed by atoms with Gasteiger partial charge in [-0.2, -0.15) is 0 Å². The van der Waals surface area contributed by atoms with Crippen molar-refractivity contribution < 1.29 is 0 Å². The summed E-state index contributed by atoms with van der Waals surface area (Å²) in [6, 6.07) is 22.7. The molecule has 3 aliphatic rings. The molecule has 5 rings (SSSR count). The van der Waals surface area contributed by atoms with Crippen LogP contribution < -0.4 is 5.32 Å². The van der Waals surface area contributed by atoms with Gasteiger partial charge in [0.25, 0.3) is 0 Å². The van der Waals surface area contributed by atoms with Crippen molar-refractivity contribution in [3.63, 3.8) is 0 Å². The normalized spacial score (nSPS) is 27.7. The molecule has 25 heavy (non-hydrogen) atoms. The average molecular weight is 329 g/mol. The quantitative estimate of drug-likeness (QED) is 0.887. The Morgan fingerprint density at radius 3 is 2.40 bits per heavy atom. The Kier molecular flexibility index (Phi) is 3.58. The molecule has 0 bridgehead atoms. The van der Waals surface area contributed by atoms with Crippen LogP contribution in [0.25, 0.3) is 5.70 Å². The molecule has 0 saturated heterocycles. The summed E-state index contributed by atoms with van der Waals surface area (Å²) in [6.45, 7) is 0. The van der Waals surface area contributed by atoms with Crippen molar-refractivity contribution in [1.29, 1.82) is 0 Å². The Morgan fingerprint density at radius 1 is 0.880 bits per heavy atom. The van der Waals surface area contributed by atoms with Crippen LogP contribution in [0.5, 0.6) is 0 Å². The van der Waals surface area contributed by atoms with Crippen LogP contribution in [0.3, 0.4) is 0 Å². The Balaban J connectivity index is 1.60. The number of nitrogens with zero attached hydrogens (tertiary/aromatic N) is 2. The van der Waals surface area contributed by atoms with Crippen LogP contribution in [0, 0.1) is 0 Å². The minimum atomic E-state index is 0.254. The van der Waals surface area contributed by atoms with Crippen molar-refractivity contribution >= 4 is 11.7 Å². The molecule has 0 amide bonds. The summed E-state index contributed by atoms with van der Waals surface area (Å²) in [5.41, 5.74) is 3.74. The zero-order valence-electron chi connectivity index (χ0n) is 14.3. The van der Waals surface area contributed by atoms with Crippen LogP contribution >= 0.6 is 0 Å². The predicted molar refractivity (Wildman–Crippen MR) is 102 cm³/mol. The van der Waals surface area contributed by atoms with Gasteiger partial charge < -0.3 is 10.2 Å². The molecular formula is C22H23N3. The predicted octanol–water partition coefficient (Wildman–Crippen LogP) is 4.35. The highest BCUT2D eigenvalue weighted by Gasteiger charge is 2.43. The molecule has 2 aromatic rings. The second-order valence-corrected chi connectivity index (χ2v) is 7.21. The SMILES string of the molecule is C1=C(c2ccccc2)NC2=N[C@H]3CCCC[C@@H]3N2C1c1ccccc1. The Bertz CT molecular complexity index is 810. The fourth-order valence-electron chi connectivity index (χ4n) is 4.48. The minimum absolute atomic E-state index is 0.254. The summed E-state index contributed by atoms with van der Waals surface area (Å²) in [5.74, 6) is 1.06. The lowest BCUT2D eigenvalue weighted by Gasteiger charge is -2.40.